The van der Waals surface area contributed by atoms with Crippen molar-refractivity contribution in [2.75, 3.05) is 0 Å². The summed E-state index contributed by atoms with van der Waals surface area (Å²) < 4.78 is 0. The van der Waals surface area contributed by atoms with E-state index in [4.69, 9.17) is 0 Å². The molecule has 1 aliphatic heterocycles. The number of aliphatic imine (C=N–C) groups is 1. The highest BCUT2D eigenvalue weighted by Gasteiger charge is 2.12. The fraction of sp³-hybridized carbons (Fsp3) is 0.700. The molecule has 0 aromatic rings. The molecule has 0 saturated heterocycles. The molecule has 0 saturated carbocycles. The van der Waals surface area contributed by atoms with E-state index in [1.54, 1.807) is 6.21 Å². The van der Waals surface area contributed by atoms with Crippen molar-refractivity contribution in [3.63, 3.8) is 0 Å². The monoisotopic (exact) mass is 303 g/mol. The molecule has 1 heterocycles. The average Bonchev–Trinajstić information content (AvgIpc) is 2.81. The number of allylic oxidation sites excluding steroid dienone is 3. The van der Waals surface area contributed by atoms with Crippen LogP contribution < -0.4 is 0 Å². The first-order valence-corrected chi connectivity index (χ1v) is 9.24. The van der Waals surface area contributed by atoms with Crippen LogP contribution in [0.15, 0.2) is 29.3 Å². The molecule has 0 fully saturated rings. The number of hydrogen-bond acceptors (Lipinski definition) is 2. The van der Waals surface area contributed by atoms with Gasteiger partial charge in [0.2, 0.25) is 0 Å². The average molecular weight is 303 g/mol. The molecule has 0 bridgehead atoms. The number of unbranched alkanes of at least 4 members (excludes halogenated alkanes) is 10. The molecule has 1 aliphatic rings. The fourth-order valence-electron chi connectivity index (χ4n) is 2.78. The molecule has 0 amide bonds. The highest BCUT2D eigenvalue weighted by molar-refractivity contribution is 5.88. The van der Waals surface area contributed by atoms with Crippen LogP contribution in [0.1, 0.15) is 84.0 Å². The molecule has 0 spiro atoms. The summed E-state index contributed by atoms with van der Waals surface area (Å²) in [7, 11) is 0. The molecule has 1 rings (SSSR count). The Morgan fingerprint density at radius 3 is 2.05 bits per heavy atom. The topological polar surface area (TPSA) is 29.4 Å². The zero-order valence-corrected chi connectivity index (χ0v) is 14.3. The van der Waals surface area contributed by atoms with E-state index in [9.17, 15) is 4.79 Å². The van der Waals surface area contributed by atoms with E-state index < -0.39 is 0 Å². The second-order valence-corrected chi connectivity index (χ2v) is 6.26. The lowest BCUT2D eigenvalue weighted by Gasteiger charge is -2.06. The predicted octanol–water partition coefficient (Wildman–Crippen LogP) is 5.82. The second-order valence-electron chi connectivity index (χ2n) is 6.26. The molecule has 2 nitrogen and oxygen atoms in total. The maximum absolute atomic E-state index is 12.0. The van der Waals surface area contributed by atoms with E-state index in [2.05, 4.69) is 11.9 Å². The molecule has 0 aliphatic carbocycles. The van der Waals surface area contributed by atoms with Crippen LogP contribution >= 0.6 is 0 Å². The Kier molecular flexibility index (Phi) is 11.6. The van der Waals surface area contributed by atoms with Crippen molar-refractivity contribution in [3.8, 4) is 0 Å². The minimum atomic E-state index is -0.252. The molecule has 22 heavy (non-hydrogen) atoms. The summed E-state index contributed by atoms with van der Waals surface area (Å²) in [5, 5.41) is 0. The lowest BCUT2D eigenvalue weighted by atomic mass is 10.0. The van der Waals surface area contributed by atoms with Crippen molar-refractivity contribution in [3.05, 3.63) is 24.3 Å². The zero-order valence-electron chi connectivity index (χ0n) is 14.3. The third kappa shape index (κ3) is 9.70. The number of rotatable bonds is 13. The van der Waals surface area contributed by atoms with Gasteiger partial charge < -0.3 is 0 Å². The minimum Gasteiger partial charge on any atom is -0.297 e. The van der Waals surface area contributed by atoms with Crippen LogP contribution in [0, 0.1) is 0 Å². The summed E-state index contributed by atoms with van der Waals surface area (Å²) in [4.78, 5) is 16.3. The summed E-state index contributed by atoms with van der Waals surface area (Å²) in [6.45, 7) is 2.26. The quantitative estimate of drug-likeness (QED) is 0.394. The third-order valence-corrected chi connectivity index (χ3v) is 4.20. The van der Waals surface area contributed by atoms with Crippen molar-refractivity contribution >= 4 is 12.0 Å². The second kappa shape index (κ2) is 13.5. The van der Waals surface area contributed by atoms with Gasteiger partial charge in [0, 0.05) is 12.6 Å². The molecule has 0 radical (unpaired) electrons. The Morgan fingerprint density at radius 1 is 0.818 bits per heavy atom. The largest absolute Gasteiger partial charge is 0.297 e. The fourth-order valence-corrected chi connectivity index (χ4v) is 2.78. The summed E-state index contributed by atoms with van der Waals surface area (Å²) in [5.74, 6) is 0.257. The van der Waals surface area contributed by atoms with Gasteiger partial charge >= 0.3 is 0 Å². The first kappa shape index (κ1) is 18.9. The zero-order chi connectivity index (χ0) is 15.9. The minimum absolute atomic E-state index is 0.252. The Morgan fingerprint density at radius 2 is 1.41 bits per heavy atom. The van der Waals surface area contributed by atoms with Gasteiger partial charge in [-0.1, -0.05) is 89.4 Å². The van der Waals surface area contributed by atoms with Crippen molar-refractivity contribution in [1.82, 2.24) is 0 Å². The van der Waals surface area contributed by atoms with E-state index >= 15 is 0 Å². The Balaban J connectivity index is 1.90. The third-order valence-electron chi connectivity index (χ3n) is 4.20. The standard InChI is InChI=1S/C20H33NO/c1-2-3-4-5-6-7-8-9-10-11-14-17-20(22)19-16-13-12-15-18-21-19/h12-13,15-16,18-19H,2-11,14,17H2,1H3. The summed E-state index contributed by atoms with van der Waals surface area (Å²) in [6.07, 6.45) is 24.5. The van der Waals surface area contributed by atoms with Crippen molar-refractivity contribution in [2.45, 2.75) is 90.0 Å². The smallest absolute Gasteiger partial charge is 0.161 e. The number of Topliss-reactive ketones (excluding diaryl/α,β-unsaturated/α-hetero) is 1. The molecule has 0 aromatic heterocycles. The Hall–Kier alpha value is -1.18. The number of nitrogens with zero attached hydrogens (tertiary/aromatic N) is 1. The van der Waals surface area contributed by atoms with Crippen LogP contribution in [0.25, 0.3) is 0 Å². The molecule has 0 aromatic carbocycles. The summed E-state index contributed by atoms with van der Waals surface area (Å²) in [5.41, 5.74) is 0. The van der Waals surface area contributed by atoms with Gasteiger partial charge in [0.05, 0.1) is 0 Å². The van der Waals surface area contributed by atoms with Crippen molar-refractivity contribution in [1.29, 1.82) is 0 Å². The van der Waals surface area contributed by atoms with Crippen LogP contribution in [0.5, 0.6) is 0 Å². The highest BCUT2D eigenvalue weighted by atomic mass is 16.1. The SMILES string of the molecule is CCCCCCCCCCCCCC(=O)C1C=CC=CC=N1. The van der Waals surface area contributed by atoms with Gasteiger partial charge in [-0.2, -0.15) is 0 Å². The van der Waals surface area contributed by atoms with E-state index in [1.807, 2.05) is 24.3 Å². The summed E-state index contributed by atoms with van der Waals surface area (Å²) >= 11 is 0. The number of ketones is 1. The van der Waals surface area contributed by atoms with Gasteiger partial charge in [0.25, 0.3) is 0 Å². The van der Waals surface area contributed by atoms with E-state index in [-0.39, 0.29) is 11.8 Å². The van der Waals surface area contributed by atoms with Gasteiger partial charge in [-0.05, 0) is 12.5 Å². The van der Waals surface area contributed by atoms with E-state index in [0.717, 1.165) is 6.42 Å². The number of carbonyl (C=O) groups excluding carboxylic acids is 1. The lowest BCUT2D eigenvalue weighted by molar-refractivity contribution is -0.119. The molecule has 1 unspecified atom stereocenters. The van der Waals surface area contributed by atoms with E-state index in [0.29, 0.717) is 6.42 Å². The van der Waals surface area contributed by atoms with Crippen molar-refractivity contribution in [2.24, 2.45) is 4.99 Å². The predicted molar refractivity (Wildman–Crippen MR) is 96.6 cm³/mol. The van der Waals surface area contributed by atoms with Crippen LogP contribution in [0.3, 0.4) is 0 Å². The van der Waals surface area contributed by atoms with Gasteiger partial charge in [0.15, 0.2) is 5.78 Å². The first-order chi connectivity index (χ1) is 10.8. The van der Waals surface area contributed by atoms with Gasteiger partial charge in [-0.3, -0.25) is 9.79 Å². The van der Waals surface area contributed by atoms with Crippen LogP contribution in [-0.4, -0.2) is 18.0 Å². The van der Waals surface area contributed by atoms with Gasteiger partial charge in [0.1, 0.15) is 6.04 Å². The molecular weight excluding hydrogens is 270 g/mol. The molecule has 1 atom stereocenters. The van der Waals surface area contributed by atoms with Gasteiger partial charge in [-0.25, -0.2) is 0 Å². The van der Waals surface area contributed by atoms with Crippen LogP contribution in [0.2, 0.25) is 0 Å². The lowest BCUT2D eigenvalue weighted by Crippen LogP contribution is -2.15. The molecule has 2 heteroatoms. The van der Waals surface area contributed by atoms with E-state index in [1.165, 1.54) is 64.2 Å². The van der Waals surface area contributed by atoms with Crippen LogP contribution in [0.4, 0.5) is 0 Å². The first-order valence-electron chi connectivity index (χ1n) is 9.24. The highest BCUT2D eigenvalue weighted by Crippen LogP contribution is 2.13. The van der Waals surface area contributed by atoms with Crippen LogP contribution in [-0.2, 0) is 4.79 Å². The number of carbonyl (C=O) groups is 1. The number of hydrogen-bond donors (Lipinski definition) is 0. The van der Waals surface area contributed by atoms with Crippen molar-refractivity contribution < 1.29 is 4.79 Å². The summed E-state index contributed by atoms with van der Waals surface area (Å²) in [6, 6.07) is -0.252. The normalized spacial score (nSPS) is 16.9. The van der Waals surface area contributed by atoms with Gasteiger partial charge in [-0.15, -0.1) is 0 Å². The maximum atomic E-state index is 12.0. The Bertz CT molecular complexity index is 352. The molecule has 124 valence electrons. The molecular formula is C20H33NO. The maximum Gasteiger partial charge on any atom is 0.161 e. The Labute approximate surface area is 136 Å². The molecule has 0 N–H and O–H groups in total.